The third kappa shape index (κ3) is 4.24. The normalized spacial score (nSPS) is 24.6. The van der Waals surface area contributed by atoms with Gasteiger partial charge in [0, 0.05) is 39.3 Å². The Labute approximate surface area is 175 Å². The van der Waals surface area contributed by atoms with Crippen LogP contribution in [0.1, 0.15) is 41.9 Å². The SMILES string of the molecule is Cc1ccnc(CN2CC(F)(F)C[C@@]3(CCCN(Cc4cc(C)nn4C)C3=O)C2)c1. The Morgan fingerprint density at radius 1 is 1.17 bits per heavy atom. The number of amides is 1. The summed E-state index contributed by atoms with van der Waals surface area (Å²) in [7, 11) is 1.85. The molecule has 162 valence electrons. The van der Waals surface area contributed by atoms with E-state index < -0.39 is 11.3 Å². The number of rotatable bonds is 4. The second-order valence-electron chi connectivity index (χ2n) is 9.01. The van der Waals surface area contributed by atoms with Gasteiger partial charge in [-0.05, 0) is 50.5 Å². The first-order valence-electron chi connectivity index (χ1n) is 10.5. The minimum atomic E-state index is -2.90. The number of aromatic nitrogens is 3. The minimum absolute atomic E-state index is 0.158. The molecule has 30 heavy (non-hydrogen) atoms. The summed E-state index contributed by atoms with van der Waals surface area (Å²) in [5, 5.41) is 4.34. The molecule has 2 aliphatic rings. The summed E-state index contributed by atoms with van der Waals surface area (Å²) < 4.78 is 31.4. The number of piperidine rings is 2. The third-order valence-corrected chi connectivity index (χ3v) is 6.21. The van der Waals surface area contributed by atoms with Crippen LogP contribution in [0.5, 0.6) is 0 Å². The molecule has 0 bridgehead atoms. The smallest absolute Gasteiger partial charge is 0.261 e. The minimum Gasteiger partial charge on any atom is -0.336 e. The van der Waals surface area contributed by atoms with Crippen LogP contribution in [-0.2, 0) is 24.9 Å². The van der Waals surface area contributed by atoms with E-state index in [1.807, 2.05) is 39.1 Å². The molecule has 2 fully saturated rings. The molecular weight excluding hydrogens is 388 g/mol. The Balaban J connectivity index is 1.55. The molecule has 0 unspecified atom stereocenters. The van der Waals surface area contributed by atoms with Crippen LogP contribution in [0.15, 0.2) is 24.4 Å². The van der Waals surface area contributed by atoms with E-state index in [1.54, 1.807) is 20.7 Å². The highest BCUT2D eigenvalue weighted by atomic mass is 19.3. The Hall–Kier alpha value is -2.35. The van der Waals surface area contributed by atoms with E-state index in [9.17, 15) is 13.6 Å². The van der Waals surface area contributed by atoms with Crippen LogP contribution in [0.2, 0.25) is 0 Å². The summed E-state index contributed by atoms with van der Waals surface area (Å²) in [6.07, 6.45) is 2.55. The lowest BCUT2D eigenvalue weighted by atomic mass is 9.71. The fourth-order valence-electron chi connectivity index (χ4n) is 5.07. The van der Waals surface area contributed by atoms with Crippen molar-refractivity contribution < 1.29 is 13.6 Å². The topological polar surface area (TPSA) is 54.3 Å². The highest BCUT2D eigenvalue weighted by Crippen LogP contribution is 2.45. The molecule has 2 aromatic rings. The number of alkyl halides is 2. The highest BCUT2D eigenvalue weighted by molar-refractivity contribution is 5.84. The highest BCUT2D eigenvalue weighted by Gasteiger charge is 2.55. The van der Waals surface area contributed by atoms with Gasteiger partial charge in [-0.3, -0.25) is 19.4 Å². The van der Waals surface area contributed by atoms with Crippen molar-refractivity contribution in [2.75, 3.05) is 19.6 Å². The lowest BCUT2D eigenvalue weighted by molar-refractivity contribution is -0.171. The Bertz CT molecular complexity index is 943. The Morgan fingerprint density at radius 3 is 2.67 bits per heavy atom. The lowest BCUT2D eigenvalue weighted by Crippen LogP contribution is -2.60. The first-order valence-corrected chi connectivity index (χ1v) is 10.5. The van der Waals surface area contributed by atoms with Gasteiger partial charge in [-0.25, -0.2) is 8.78 Å². The van der Waals surface area contributed by atoms with Gasteiger partial charge in [-0.15, -0.1) is 0 Å². The first kappa shape index (κ1) is 20.9. The number of carbonyl (C=O) groups excluding carboxylic acids is 1. The van der Waals surface area contributed by atoms with Crippen molar-refractivity contribution in [1.29, 1.82) is 0 Å². The number of aryl methyl sites for hydroxylation is 3. The van der Waals surface area contributed by atoms with Gasteiger partial charge in [0.25, 0.3) is 5.92 Å². The summed E-state index contributed by atoms with van der Waals surface area (Å²) in [6, 6.07) is 5.75. The van der Waals surface area contributed by atoms with Gasteiger partial charge in [0.1, 0.15) is 0 Å². The number of likely N-dealkylation sites (tertiary alicyclic amines) is 2. The molecule has 2 saturated heterocycles. The van der Waals surface area contributed by atoms with Crippen molar-refractivity contribution >= 4 is 5.91 Å². The summed E-state index contributed by atoms with van der Waals surface area (Å²) in [6.45, 7) is 5.20. The average Bonchev–Trinajstić information content (AvgIpc) is 2.95. The second-order valence-corrected chi connectivity index (χ2v) is 9.01. The van der Waals surface area contributed by atoms with Crippen LogP contribution in [0.4, 0.5) is 8.78 Å². The summed E-state index contributed by atoms with van der Waals surface area (Å²) in [5.74, 6) is -3.06. The molecule has 1 amide bonds. The van der Waals surface area contributed by atoms with E-state index >= 15 is 0 Å². The van der Waals surface area contributed by atoms with E-state index in [4.69, 9.17) is 0 Å². The maximum atomic E-state index is 14.8. The van der Waals surface area contributed by atoms with Gasteiger partial charge in [0.15, 0.2) is 0 Å². The average molecular weight is 418 g/mol. The molecular formula is C22H29F2N5O. The monoisotopic (exact) mass is 417 g/mol. The molecule has 0 aliphatic carbocycles. The molecule has 2 aliphatic heterocycles. The van der Waals surface area contributed by atoms with Gasteiger partial charge < -0.3 is 4.90 Å². The molecule has 4 heterocycles. The Kier molecular flexibility index (Phi) is 5.38. The van der Waals surface area contributed by atoms with Crippen molar-refractivity contribution in [2.24, 2.45) is 12.5 Å². The van der Waals surface area contributed by atoms with Crippen LogP contribution in [-0.4, -0.2) is 56.0 Å². The predicted octanol–water partition coefficient (Wildman–Crippen LogP) is 3.08. The van der Waals surface area contributed by atoms with Crippen LogP contribution in [0.3, 0.4) is 0 Å². The number of carbonyl (C=O) groups is 1. The van der Waals surface area contributed by atoms with Crippen LogP contribution >= 0.6 is 0 Å². The molecule has 1 spiro atoms. The fraction of sp³-hybridized carbons (Fsp3) is 0.591. The summed E-state index contributed by atoms with van der Waals surface area (Å²) >= 11 is 0. The van der Waals surface area contributed by atoms with Gasteiger partial charge in [-0.1, -0.05) is 0 Å². The lowest BCUT2D eigenvalue weighted by Gasteiger charge is -2.49. The predicted molar refractivity (Wildman–Crippen MR) is 109 cm³/mol. The number of hydrogen-bond acceptors (Lipinski definition) is 4. The number of nitrogens with zero attached hydrogens (tertiary/aromatic N) is 5. The molecule has 0 radical (unpaired) electrons. The first-order chi connectivity index (χ1) is 14.2. The van der Waals surface area contributed by atoms with E-state index in [1.165, 1.54) is 0 Å². The van der Waals surface area contributed by atoms with Crippen molar-refractivity contribution in [2.45, 2.75) is 52.1 Å². The zero-order chi connectivity index (χ0) is 21.5. The number of pyridine rings is 1. The van der Waals surface area contributed by atoms with E-state index in [0.29, 0.717) is 32.6 Å². The molecule has 0 N–H and O–H groups in total. The molecule has 2 aromatic heterocycles. The quantitative estimate of drug-likeness (QED) is 0.767. The summed E-state index contributed by atoms with van der Waals surface area (Å²) in [5.41, 5.74) is 2.56. The van der Waals surface area contributed by atoms with E-state index in [2.05, 4.69) is 10.1 Å². The third-order valence-electron chi connectivity index (χ3n) is 6.21. The van der Waals surface area contributed by atoms with Crippen molar-refractivity contribution in [3.8, 4) is 0 Å². The zero-order valence-electron chi connectivity index (χ0n) is 17.9. The second kappa shape index (κ2) is 7.72. The maximum absolute atomic E-state index is 14.8. The van der Waals surface area contributed by atoms with Gasteiger partial charge in [0.05, 0.1) is 35.6 Å². The van der Waals surface area contributed by atoms with Gasteiger partial charge in [-0.2, -0.15) is 5.10 Å². The van der Waals surface area contributed by atoms with Gasteiger partial charge >= 0.3 is 0 Å². The standard InChI is InChI=1S/C22H29F2N5O/c1-16-5-7-25-18(9-16)11-28-14-21(13-22(23,24)15-28)6-4-8-29(20(21)30)12-19-10-17(2)26-27(19)3/h5,7,9-10H,4,6,8,11-15H2,1-3H3/t21-/m0/s1. The molecule has 0 aromatic carbocycles. The van der Waals surface area contributed by atoms with Gasteiger partial charge in [0.2, 0.25) is 5.91 Å². The molecule has 1 atom stereocenters. The van der Waals surface area contributed by atoms with E-state index in [0.717, 1.165) is 29.1 Å². The maximum Gasteiger partial charge on any atom is 0.261 e. The van der Waals surface area contributed by atoms with Crippen molar-refractivity contribution in [3.63, 3.8) is 0 Å². The molecule has 4 rings (SSSR count). The van der Waals surface area contributed by atoms with Crippen LogP contribution < -0.4 is 0 Å². The Morgan fingerprint density at radius 2 is 1.97 bits per heavy atom. The summed E-state index contributed by atoms with van der Waals surface area (Å²) in [4.78, 5) is 21.3. The molecule has 8 heteroatoms. The largest absolute Gasteiger partial charge is 0.336 e. The van der Waals surface area contributed by atoms with E-state index in [-0.39, 0.29) is 18.9 Å². The van der Waals surface area contributed by atoms with Crippen LogP contribution in [0, 0.1) is 19.3 Å². The fourth-order valence-corrected chi connectivity index (χ4v) is 5.07. The number of hydrogen-bond donors (Lipinski definition) is 0. The molecule has 0 saturated carbocycles. The van der Waals surface area contributed by atoms with Crippen molar-refractivity contribution in [3.05, 3.63) is 47.0 Å². The van der Waals surface area contributed by atoms with Crippen LogP contribution in [0.25, 0.3) is 0 Å². The molecule has 6 nitrogen and oxygen atoms in total. The van der Waals surface area contributed by atoms with Crippen molar-refractivity contribution in [1.82, 2.24) is 24.6 Å². The zero-order valence-corrected chi connectivity index (χ0v) is 17.9. The number of halogens is 2.